The van der Waals surface area contributed by atoms with E-state index in [1.165, 1.54) is 23.7 Å². The van der Waals surface area contributed by atoms with Crippen molar-refractivity contribution in [1.82, 2.24) is 9.97 Å². The molecule has 1 aromatic heterocycles. The second kappa shape index (κ2) is 7.97. The molecule has 1 heterocycles. The largest absolute Gasteiger partial charge is 0.360 e. The van der Waals surface area contributed by atoms with Crippen LogP contribution in [-0.2, 0) is 6.54 Å². The lowest BCUT2D eigenvalue weighted by Crippen LogP contribution is -2.06. The van der Waals surface area contributed by atoms with Crippen LogP contribution < -0.4 is 5.32 Å². The molecular weight excluding hydrogens is 348 g/mol. The molecule has 7 heteroatoms. The Labute approximate surface area is 155 Å². The summed E-state index contributed by atoms with van der Waals surface area (Å²) in [6.45, 7) is 4.46. The van der Waals surface area contributed by atoms with Crippen LogP contribution in [-0.4, -0.2) is 14.9 Å². The maximum atomic E-state index is 11.6. The van der Waals surface area contributed by atoms with E-state index >= 15 is 0 Å². The SMILES string of the molecule is Cc1ccc(CNc2ncnc(Sc3ccc(C)cc3)c2[N+](=O)[O-])cc1. The maximum absolute atomic E-state index is 11.6. The number of hydrogen-bond acceptors (Lipinski definition) is 6. The van der Waals surface area contributed by atoms with E-state index in [2.05, 4.69) is 15.3 Å². The van der Waals surface area contributed by atoms with Gasteiger partial charge in [0.15, 0.2) is 5.03 Å². The molecule has 0 atom stereocenters. The minimum atomic E-state index is -0.437. The summed E-state index contributed by atoms with van der Waals surface area (Å²) >= 11 is 1.26. The Balaban J connectivity index is 1.84. The van der Waals surface area contributed by atoms with E-state index in [0.29, 0.717) is 11.6 Å². The highest BCUT2D eigenvalue weighted by Gasteiger charge is 2.23. The number of nitro groups is 1. The lowest BCUT2D eigenvalue weighted by molar-refractivity contribution is -0.387. The predicted octanol–water partition coefficient (Wildman–Crippen LogP) is 4.76. The Morgan fingerprint density at radius 2 is 1.62 bits per heavy atom. The van der Waals surface area contributed by atoms with Gasteiger partial charge in [-0.25, -0.2) is 9.97 Å². The standard InChI is InChI=1S/C19H18N4O2S/c1-13-3-7-15(8-4-13)11-20-18-17(23(24)25)19(22-12-21-18)26-16-9-5-14(2)6-10-16/h3-10,12H,11H2,1-2H3,(H,20,21,22). The second-order valence-corrected chi connectivity index (χ2v) is 6.95. The third-order valence-electron chi connectivity index (χ3n) is 3.79. The highest BCUT2D eigenvalue weighted by Crippen LogP contribution is 2.36. The summed E-state index contributed by atoms with van der Waals surface area (Å²) in [5.74, 6) is 0.222. The zero-order valence-electron chi connectivity index (χ0n) is 14.5. The van der Waals surface area contributed by atoms with E-state index in [4.69, 9.17) is 0 Å². The van der Waals surface area contributed by atoms with Crippen LogP contribution in [0, 0.1) is 24.0 Å². The van der Waals surface area contributed by atoms with Gasteiger partial charge in [0.1, 0.15) is 6.33 Å². The Morgan fingerprint density at radius 1 is 1.00 bits per heavy atom. The van der Waals surface area contributed by atoms with E-state index in [1.807, 2.05) is 62.4 Å². The van der Waals surface area contributed by atoms with Gasteiger partial charge in [-0.15, -0.1) is 0 Å². The first-order valence-electron chi connectivity index (χ1n) is 8.06. The molecule has 0 saturated heterocycles. The third kappa shape index (κ3) is 4.37. The number of anilines is 1. The van der Waals surface area contributed by atoms with Gasteiger partial charge < -0.3 is 5.32 Å². The second-order valence-electron chi connectivity index (χ2n) is 5.89. The number of rotatable bonds is 6. The van der Waals surface area contributed by atoms with E-state index in [1.54, 1.807) is 0 Å². The van der Waals surface area contributed by atoms with Gasteiger partial charge in [-0.3, -0.25) is 10.1 Å². The lowest BCUT2D eigenvalue weighted by Gasteiger charge is -2.09. The first-order valence-corrected chi connectivity index (χ1v) is 8.88. The van der Waals surface area contributed by atoms with Crippen molar-refractivity contribution in [2.75, 3.05) is 5.32 Å². The Hall–Kier alpha value is -2.93. The normalized spacial score (nSPS) is 10.5. The van der Waals surface area contributed by atoms with Gasteiger partial charge in [0, 0.05) is 11.4 Å². The molecule has 0 bridgehead atoms. The number of aryl methyl sites for hydroxylation is 2. The van der Waals surface area contributed by atoms with E-state index in [0.717, 1.165) is 16.0 Å². The van der Waals surface area contributed by atoms with Gasteiger partial charge in [-0.05, 0) is 31.5 Å². The van der Waals surface area contributed by atoms with Crippen LogP contribution in [0.3, 0.4) is 0 Å². The fraction of sp³-hybridized carbons (Fsp3) is 0.158. The molecule has 0 saturated carbocycles. The van der Waals surface area contributed by atoms with Gasteiger partial charge in [0.05, 0.1) is 4.92 Å². The van der Waals surface area contributed by atoms with Crippen molar-refractivity contribution in [3.05, 3.63) is 81.7 Å². The van der Waals surface area contributed by atoms with Gasteiger partial charge in [-0.1, -0.05) is 59.3 Å². The molecule has 6 nitrogen and oxygen atoms in total. The molecule has 0 amide bonds. The Kier molecular flexibility index (Phi) is 5.48. The molecule has 0 radical (unpaired) electrons. The predicted molar refractivity (Wildman–Crippen MR) is 102 cm³/mol. The summed E-state index contributed by atoms with van der Waals surface area (Å²) in [4.78, 5) is 20.3. The molecule has 0 unspecified atom stereocenters. The molecule has 3 aromatic rings. The third-order valence-corrected chi connectivity index (χ3v) is 4.79. The number of benzene rings is 2. The van der Waals surface area contributed by atoms with Crippen LogP contribution in [0.1, 0.15) is 16.7 Å². The van der Waals surface area contributed by atoms with Gasteiger partial charge in [0.25, 0.3) is 0 Å². The molecule has 26 heavy (non-hydrogen) atoms. The van der Waals surface area contributed by atoms with Gasteiger partial charge >= 0.3 is 5.69 Å². The summed E-state index contributed by atoms with van der Waals surface area (Å²) < 4.78 is 0. The zero-order chi connectivity index (χ0) is 18.5. The van der Waals surface area contributed by atoms with Crippen LogP contribution >= 0.6 is 11.8 Å². The number of nitrogens with zero attached hydrogens (tertiary/aromatic N) is 3. The van der Waals surface area contributed by atoms with Crippen LogP contribution in [0.5, 0.6) is 0 Å². The number of nitrogens with one attached hydrogen (secondary N) is 1. The van der Waals surface area contributed by atoms with Crippen molar-refractivity contribution < 1.29 is 4.92 Å². The summed E-state index contributed by atoms with van der Waals surface area (Å²) in [7, 11) is 0. The molecule has 3 rings (SSSR count). The first-order chi connectivity index (χ1) is 12.5. The summed E-state index contributed by atoms with van der Waals surface area (Å²) in [6, 6.07) is 15.7. The van der Waals surface area contributed by atoms with Crippen molar-refractivity contribution in [2.45, 2.75) is 30.3 Å². The monoisotopic (exact) mass is 366 g/mol. The topological polar surface area (TPSA) is 81.0 Å². The summed E-state index contributed by atoms with van der Waals surface area (Å²) in [6.07, 6.45) is 1.35. The fourth-order valence-corrected chi connectivity index (χ4v) is 3.20. The molecule has 132 valence electrons. The number of hydrogen-bond donors (Lipinski definition) is 1. The van der Waals surface area contributed by atoms with Crippen molar-refractivity contribution in [1.29, 1.82) is 0 Å². The average Bonchev–Trinajstić information content (AvgIpc) is 2.63. The molecule has 1 N–H and O–H groups in total. The van der Waals surface area contributed by atoms with Gasteiger partial charge in [0.2, 0.25) is 5.82 Å². The molecule has 0 aliphatic carbocycles. The molecule has 0 aliphatic heterocycles. The Morgan fingerprint density at radius 3 is 2.23 bits per heavy atom. The molecule has 2 aromatic carbocycles. The molecule has 0 spiro atoms. The van der Waals surface area contributed by atoms with Crippen LogP contribution in [0.4, 0.5) is 11.5 Å². The first kappa shape index (κ1) is 17.9. The molecule has 0 fully saturated rings. The minimum Gasteiger partial charge on any atom is -0.360 e. The lowest BCUT2D eigenvalue weighted by atomic mass is 10.1. The highest BCUT2D eigenvalue weighted by atomic mass is 32.2. The van der Waals surface area contributed by atoms with E-state index in [9.17, 15) is 10.1 Å². The average molecular weight is 366 g/mol. The minimum absolute atomic E-state index is 0.106. The van der Waals surface area contributed by atoms with Crippen molar-refractivity contribution in [3.8, 4) is 0 Å². The van der Waals surface area contributed by atoms with Crippen LogP contribution in [0.25, 0.3) is 0 Å². The zero-order valence-corrected chi connectivity index (χ0v) is 15.3. The van der Waals surface area contributed by atoms with E-state index < -0.39 is 4.92 Å². The van der Waals surface area contributed by atoms with Crippen molar-refractivity contribution in [2.24, 2.45) is 0 Å². The highest BCUT2D eigenvalue weighted by molar-refractivity contribution is 7.99. The van der Waals surface area contributed by atoms with Gasteiger partial charge in [-0.2, -0.15) is 0 Å². The van der Waals surface area contributed by atoms with Crippen LogP contribution in [0.2, 0.25) is 0 Å². The maximum Gasteiger partial charge on any atom is 0.343 e. The smallest absolute Gasteiger partial charge is 0.343 e. The Bertz CT molecular complexity index is 912. The quantitative estimate of drug-likeness (QED) is 0.385. The van der Waals surface area contributed by atoms with Crippen molar-refractivity contribution >= 4 is 23.3 Å². The number of aromatic nitrogens is 2. The van der Waals surface area contributed by atoms with Crippen molar-refractivity contribution in [3.63, 3.8) is 0 Å². The van der Waals surface area contributed by atoms with Crippen LogP contribution in [0.15, 0.2) is 64.8 Å². The molecule has 0 aliphatic rings. The summed E-state index contributed by atoms with van der Waals surface area (Å²) in [5.41, 5.74) is 3.21. The summed E-state index contributed by atoms with van der Waals surface area (Å²) in [5, 5.41) is 15.0. The van der Waals surface area contributed by atoms with E-state index in [-0.39, 0.29) is 11.5 Å². The molecular formula is C19H18N4O2S. The fourth-order valence-electron chi connectivity index (χ4n) is 2.34.